The van der Waals surface area contributed by atoms with E-state index in [0.29, 0.717) is 18.1 Å². The van der Waals surface area contributed by atoms with Gasteiger partial charge < -0.3 is 10.6 Å². The van der Waals surface area contributed by atoms with Gasteiger partial charge in [0.1, 0.15) is 0 Å². The third-order valence-electron chi connectivity index (χ3n) is 2.40. The molecule has 0 aliphatic carbocycles. The van der Waals surface area contributed by atoms with Crippen LogP contribution in [0, 0.1) is 0 Å². The summed E-state index contributed by atoms with van der Waals surface area (Å²) < 4.78 is 0. The Morgan fingerprint density at radius 2 is 2.35 bits per heavy atom. The van der Waals surface area contributed by atoms with Crippen LogP contribution in [0.15, 0.2) is 18.5 Å². The summed E-state index contributed by atoms with van der Waals surface area (Å²) in [6.07, 6.45) is 4.22. The van der Waals surface area contributed by atoms with Crippen molar-refractivity contribution in [3.05, 3.63) is 29.0 Å². The average Bonchev–Trinajstić information content (AvgIpc) is 2.34. The fourth-order valence-corrected chi connectivity index (χ4v) is 1.49. The van der Waals surface area contributed by atoms with E-state index in [1.807, 2.05) is 19.9 Å². The maximum absolute atomic E-state index is 11.6. The van der Waals surface area contributed by atoms with Crippen molar-refractivity contribution in [3.63, 3.8) is 0 Å². The first-order valence-electron chi connectivity index (χ1n) is 5.74. The fraction of sp³-hybridized carbons (Fsp3) is 0.500. The zero-order chi connectivity index (χ0) is 12.7. The van der Waals surface area contributed by atoms with Gasteiger partial charge in [-0.15, -0.1) is 0 Å². The smallest absolute Gasteiger partial charge is 0.236 e. The molecule has 17 heavy (non-hydrogen) atoms. The quantitative estimate of drug-likeness (QED) is 0.814. The number of hydrogen-bond donors (Lipinski definition) is 2. The first kappa shape index (κ1) is 13.9. The Kier molecular flexibility index (Phi) is 5.94. The van der Waals surface area contributed by atoms with Crippen molar-refractivity contribution in [2.45, 2.75) is 32.9 Å². The maximum atomic E-state index is 11.6. The van der Waals surface area contributed by atoms with Gasteiger partial charge >= 0.3 is 0 Å². The van der Waals surface area contributed by atoms with Crippen LogP contribution in [0.5, 0.6) is 0 Å². The van der Waals surface area contributed by atoms with Crippen LogP contribution < -0.4 is 10.6 Å². The molecule has 0 aliphatic rings. The van der Waals surface area contributed by atoms with Gasteiger partial charge in [0.15, 0.2) is 0 Å². The standard InChI is InChI=1S/C12H18ClN3O/c1-3-5-15-12(17)9(2)16-7-10-4-6-14-8-11(10)13/h4,6,8-9,16H,3,5,7H2,1-2H3,(H,15,17). The zero-order valence-corrected chi connectivity index (χ0v) is 10.9. The highest BCUT2D eigenvalue weighted by Crippen LogP contribution is 2.12. The van der Waals surface area contributed by atoms with Gasteiger partial charge in [-0.1, -0.05) is 18.5 Å². The van der Waals surface area contributed by atoms with Crippen LogP contribution in [0.1, 0.15) is 25.8 Å². The Hall–Kier alpha value is -1.13. The molecule has 0 aromatic carbocycles. The third-order valence-corrected chi connectivity index (χ3v) is 2.74. The molecule has 1 aromatic rings. The van der Waals surface area contributed by atoms with E-state index in [2.05, 4.69) is 15.6 Å². The summed E-state index contributed by atoms with van der Waals surface area (Å²) >= 11 is 5.97. The summed E-state index contributed by atoms with van der Waals surface area (Å²) in [5, 5.41) is 6.57. The van der Waals surface area contributed by atoms with Crippen molar-refractivity contribution < 1.29 is 4.79 Å². The van der Waals surface area contributed by atoms with Crippen molar-refractivity contribution in [2.75, 3.05) is 6.54 Å². The lowest BCUT2D eigenvalue weighted by Crippen LogP contribution is -2.42. The molecule has 1 rings (SSSR count). The predicted molar refractivity (Wildman–Crippen MR) is 68.8 cm³/mol. The van der Waals surface area contributed by atoms with E-state index in [4.69, 9.17) is 11.6 Å². The molecule has 94 valence electrons. The Bertz CT molecular complexity index is 371. The molecule has 0 bridgehead atoms. The van der Waals surface area contributed by atoms with Crippen molar-refractivity contribution in [1.82, 2.24) is 15.6 Å². The highest BCUT2D eigenvalue weighted by atomic mass is 35.5. The van der Waals surface area contributed by atoms with Gasteiger partial charge in [0.05, 0.1) is 11.1 Å². The topological polar surface area (TPSA) is 54.0 Å². The van der Waals surface area contributed by atoms with E-state index in [-0.39, 0.29) is 11.9 Å². The van der Waals surface area contributed by atoms with Crippen molar-refractivity contribution in [3.8, 4) is 0 Å². The van der Waals surface area contributed by atoms with E-state index in [1.165, 1.54) is 0 Å². The molecule has 1 amide bonds. The highest BCUT2D eigenvalue weighted by Gasteiger charge is 2.11. The van der Waals surface area contributed by atoms with Gasteiger partial charge in [-0.05, 0) is 25.0 Å². The summed E-state index contributed by atoms with van der Waals surface area (Å²) in [7, 11) is 0. The highest BCUT2D eigenvalue weighted by molar-refractivity contribution is 6.31. The molecular weight excluding hydrogens is 238 g/mol. The monoisotopic (exact) mass is 255 g/mol. The average molecular weight is 256 g/mol. The predicted octanol–water partition coefficient (Wildman–Crippen LogP) is 1.74. The second kappa shape index (κ2) is 7.25. The van der Waals surface area contributed by atoms with Crippen LogP contribution in [-0.2, 0) is 11.3 Å². The lowest BCUT2D eigenvalue weighted by Gasteiger charge is -2.14. The Morgan fingerprint density at radius 1 is 1.59 bits per heavy atom. The third kappa shape index (κ3) is 4.71. The molecule has 0 saturated carbocycles. The second-order valence-electron chi connectivity index (χ2n) is 3.86. The van der Waals surface area contributed by atoms with Crippen molar-refractivity contribution >= 4 is 17.5 Å². The first-order chi connectivity index (χ1) is 8.15. The van der Waals surface area contributed by atoms with Crippen LogP contribution in [0.25, 0.3) is 0 Å². The summed E-state index contributed by atoms with van der Waals surface area (Å²) in [5.41, 5.74) is 0.941. The SMILES string of the molecule is CCCNC(=O)C(C)NCc1ccncc1Cl. The second-order valence-corrected chi connectivity index (χ2v) is 4.27. The van der Waals surface area contributed by atoms with Crippen LogP contribution in [0.4, 0.5) is 0 Å². The van der Waals surface area contributed by atoms with E-state index in [9.17, 15) is 4.79 Å². The van der Waals surface area contributed by atoms with E-state index in [1.54, 1.807) is 12.4 Å². The van der Waals surface area contributed by atoms with E-state index in [0.717, 1.165) is 12.0 Å². The van der Waals surface area contributed by atoms with Crippen LogP contribution >= 0.6 is 11.6 Å². The Balaban J connectivity index is 2.40. The fourth-order valence-electron chi connectivity index (χ4n) is 1.30. The molecule has 1 atom stereocenters. The van der Waals surface area contributed by atoms with Crippen LogP contribution in [-0.4, -0.2) is 23.5 Å². The van der Waals surface area contributed by atoms with Gasteiger partial charge in [0.25, 0.3) is 0 Å². The van der Waals surface area contributed by atoms with Crippen molar-refractivity contribution in [2.24, 2.45) is 0 Å². The molecule has 1 aromatic heterocycles. The van der Waals surface area contributed by atoms with Crippen LogP contribution in [0.3, 0.4) is 0 Å². The number of carbonyl (C=O) groups is 1. The molecule has 5 heteroatoms. The van der Waals surface area contributed by atoms with Crippen LogP contribution in [0.2, 0.25) is 5.02 Å². The van der Waals surface area contributed by atoms with Gasteiger partial charge in [-0.3, -0.25) is 9.78 Å². The first-order valence-corrected chi connectivity index (χ1v) is 6.12. The lowest BCUT2D eigenvalue weighted by molar-refractivity contribution is -0.122. The Labute approximate surface area is 107 Å². The number of nitrogens with zero attached hydrogens (tertiary/aromatic N) is 1. The number of amides is 1. The van der Waals surface area contributed by atoms with Gasteiger partial charge in [0.2, 0.25) is 5.91 Å². The minimum absolute atomic E-state index is 0.0111. The largest absolute Gasteiger partial charge is 0.355 e. The molecule has 0 radical (unpaired) electrons. The number of halogens is 1. The summed E-state index contributed by atoms with van der Waals surface area (Å²) in [5.74, 6) is 0.0111. The summed E-state index contributed by atoms with van der Waals surface area (Å²) in [6, 6.07) is 1.61. The zero-order valence-electron chi connectivity index (χ0n) is 10.2. The van der Waals surface area contributed by atoms with Crippen molar-refractivity contribution in [1.29, 1.82) is 0 Å². The van der Waals surface area contributed by atoms with Gasteiger partial charge in [-0.2, -0.15) is 0 Å². The number of pyridine rings is 1. The molecule has 0 saturated heterocycles. The minimum Gasteiger partial charge on any atom is -0.355 e. The maximum Gasteiger partial charge on any atom is 0.236 e. The normalized spacial score (nSPS) is 12.2. The summed E-state index contributed by atoms with van der Waals surface area (Å²) in [4.78, 5) is 15.5. The molecular formula is C12H18ClN3O. The number of rotatable bonds is 6. The molecule has 0 fully saturated rings. The van der Waals surface area contributed by atoms with E-state index < -0.39 is 0 Å². The Morgan fingerprint density at radius 3 is 3.00 bits per heavy atom. The molecule has 4 nitrogen and oxygen atoms in total. The number of carbonyl (C=O) groups excluding carboxylic acids is 1. The molecule has 0 aliphatic heterocycles. The number of aromatic nitrogens is 1. The van der Waals surface area contributed by atoms with Gasteiger partial charge in [-0.25, -0.2) is 0 Å². The van der Waals surface area contributed by atoms with Gasteiger partial charge in [0, 0.05) is 25.5 Å². The summed E-state index contributed by atoms with van der Waals surface area (Å²) in [6.45, 7) is 5.12. The minimum atomic E-state index is -0.231. The molecule has 2 N–H and O–H groups in total. The molecule has 0 spiro atoms. The van der Waals surface area contributed by atoms with E-state index >= 15 is 0 Å². The molecule has 1 unspecified atom stereocenters. The lowest BCUT2D eigenvalue weighted by atomic mass is 10.2. The number of hydrogen-bond acceptors (Lipinski definition) is 3. The number of nitrogens with one attached hydrogen (secondary N) is 2. The molecule has 1 heterocycles.